The third kappa shape index (κ3) is 3.53. The summed E-state index contributed by atoms with van der Waals surface area (Å²) in [5.74, 6) is -0.524. The van der Waals surface area contributed by atoms with Gasteiger partial charge in [0.1, 0.15) is 0 Å². The van der Waals surface area contributed by atoms with Crippen LogP contribution in [0.4, 0.5) is 11.4 Å². The third-order valence-corrected chi connectivity index (χ3v) is 7.73. The van der Waals surface area contributed by atoms with Crippen LogP contribution in [0, 0.1) is 0 Å². The molecule has 6 heteroatoms. The summed E-state index contributed by atoms with van der Waals surface area (Å²) >= 11 is 3.05. The van der Waals surface area contributed by atoms with E-state index in [0.29, 0.717) is 16.2 Å². The number of rotatable bonds is 4. The molecule has 32 heavy (non-hydrogen) atoms. The Balaban J connectivity index is 1.61. The standard InChI is InChI=1S/C26H22N2O2S2/c1-3-16-8-12-18(13-9-16)28-25(29)22-23(17-10-14-19(31-2)15-11-17)27-20-6-4-5-7-21(20)32-24(22)26(28)30/h4-15,23,27H,3H2,1-2H3. The van der Waals surface area contributed by atoms with Crippen molar-refractivity contribution in [2.45, 2.75) is 29.2 Å². The summed E-state index contributed by atoms with van der Waals surface area (Å²) in [6, 6.07) is 23.3. The highest BCUT2D eigenvalue weighted by Crippen LogP contribution is 2.48. The van der Waals surface area contributed by atoms with E-state index < -0.39 is 6.04 Å². The number of imide groups is 1. The van der Waals surface area contributed by atoms with E-state index >= 15 is 0 Å². The average molecular weight is 459 g/mol. The molecule has 0 radical (unpaired) electrons. The van der Waals surface area contributed by atoms with Gasteiger partial charge in [0.15, 0.2) is 0 Å². The molecule has 0 aromatic heterocycles. The van der Waals surface area contributed by atoms with Crippen LogP contribution in [0.15, 0.2) is 93.1 Å². The van der Waals surface area contributed by atoms with Crippen LogP contribution in [0.2, 0.25) is 0 Å². The van der Waals surface area contributed by atoms with Gasteiger partial charge in [-0.3, -0.25) is 9.59 Å². The van der Waals surface area contributed by atoms with Crippen LogP contribution in [0.25, 0.3) is 0 Å². The number of anilines is 2. The maximum atomic E-state index is 13.7. The molecule has 1 unspecified atom stereocenters. The lowest BCUT2D eigenvalue weighted by Gasteiger charge is -2.23. The van der Waals surface area contributed by atoms with Crippen LogP contribution in [-0.2, 0) is 16.0 Å². The average Bonchev–Trinajstić information content (AvgIpc) is 2.98. The predicted molar refractivity (Wildman–Crippen MR) is 132 cm³/mol. The number of nitrogens with zero attached hydrogens (tertiary/aromatic N) is 1. The van der Waals surface area contributed by atoms with Gasteiger partial charge in [-0.25, -0.2) is 4.90 Å². The second-order valence-electron chi connectivity index (χ2n) is 7.66. The van der Waals surface area contributed by atoms with E-state index in [1.807, 2.05) is 79.1 Å². The van der Waals surface area contributed by atoms with Crippen molar-refractivity contribution < 1.29 is 9.59 Å². The Morgan fingerprint density at radius 3 is 2.34 bits per heavy atom. The molecule has 0 bridgehead atoms. The van der Waals surface area contributed by atoms with Gasteiger partial charge in [-0.1, -0.05) is 55.1 Å². The first-order valence-corrected chi connectivity index (χ1v) is 12.5. The van der Waals surface area contributed by atoms with Gasteiger partial charge in [-0.15, -0.1) is 11.8 Å². The fraction of sp³-hybridized carbons (Fsp3) is 0.154. The minimum absolute atomic E-state index is 0.261. The van der Waals surface area contributed by atoms with Crippen LogP contribution in [0.3, 0.4) is 0 Å². The number of nitrogens with one attached hydrogen (secondary N) is 1. The Kier molecular flexibility index (Phi) is 5.57. The van der Waals surface area contributed by atoms with Gasteiger partial charge in [-0.05, 0) is 60.2 Å². The van der Waals surface area contributed by atoms with Gasteiger partial charge in [0.25, 0.3) is 11.8 Å². The van der Waals surface area contributed by atoms with Crippen molar-refractivity contribution in [3.63, 3.8) is 0 Å². The van der Waals surface area contributed by atoms with Crippen molar-refractivity contribution in [1.29, 1.82) is 0 Å². The summed E-state index contributed by atoms with van der Waals surface area (Å²) < 4.78 is 0. The monoisotopic (exact) mass is 458 g/mol. The maximum absolute atomic E-state index is 13.7. The first kappa shape index (κ1) is 20.9. The van der Waals surface area contributed by atoms with E-state index in [0.717, 1.165) is 27.5 Å². The Hall–Kier alpha value is -2.96. The topological polar surface area (TPSA) is 49.4 Å². The van der Waals surface area contributed by atoms with Crippen molar-refractivity contribution in [3.05, 3.63) is 94.4 Å². The molecular formula is C26H22N2O2S2. The zero-order chi connectivity index (χ0) is 22.2. The van der Waals surface area contributed by atoms with Gasteiger partial charge in [0.2, 0.25) is 0 Å². The lowest BCUT2D eigenvalue weighted by atomic mass is 9.98. The summed E-state index contributed by atoms with van der Waals surface area (Å²) in [7, 11) is 0. The van der Waals surface area contributed by atoms with Crippen molar-refractivity contribution >= 4 is 46.7 Å². The van der Waals surface area contributed by atoms with Gasteiger partial charge < -0.3 is 5.32 Å². The lowest BCUT2D eigenvalue weighted by molar-refractivity contribution is -0.120. The van der Waals surface area contributed by atoms with E-state index in [2.05, 4.69) is 12.2 Å². The molecule has 1 N–H and O–H groups in total. The number of carbonyl (C=O) groups is 2. The number of hydrogen-bond donors (Lipinski definition) is 1. The van der Waals surface area contributed by atoms with Crippen LogP contribution < -0.4 is 10.2 Å². The molecule has 5 rings (SSSR count). The Morgan fingerprint density at radius 2 is 1.66 bits per heavy atom. The number of benzene rings is 3. The van der Waals surface area contributed by atoms with Crippen molar-refractivity contribution in [2.75, 3.05) is 16.5 Å². The van der Waals surface area contributed by atoms with E-state index in [1.54, 1.807) is 11.8 Å². The summed E-state index contributed by atoms with van der Waals surface area (Å²) in [5.41, 5.74) is 4.16. The summed E-state index contributed by atoms with van der Waals surface area (Å²) in [6.07, 6.45) is 2.94. The lowest BCUT2D eigenvalue weighted by Crippen LogP contribution is -2.33. The second-order valence-corrected chi connectivity index (χ2v) is 9.59. The summed E-state index contributed by atoms with van der Waals surface area (Å²) in [6.45, 7) is 2.08. The summed E-state index contributed by atoms with van der Waals surface area (Å²) in [4.78, 5) is 31.1. The highest BCUT2D eigenvalue weighted by molar-refractivity contribution is 8.04. The maximum Gasteiger partial charge on any atom is 0.272 e. The van der Waals surface area contributed by atoms with E-state index in [4.69, 9.17) is 0 Å². The number of fused-ring (bicyclic) bond motifs is 1. The molecule has 3 aromatic rings. The number of aryl methyl sites for hydroxylation is 1. The molecule has 0 fully saturated rings. The van der Waals surface area contributed by atoms with Crippen molar-refractivity contribution in [1.82, 2.24) is 0 Å². The van der Waals surface area contributed by atoms with Gasteiger partial charge in [0.05, 0.1) is 22.2 Å². The largest absolute Gasteiger partial charge is 0.373 e. The van der Waals surface area contributed by atoms with Crippen LogP contribution in [0.1, 0.15) is 24.1 Å². The van der Waals surface area contributed by atoms with E-state index in [1.165, 1.54) is 22.2 Å². The molecule has 0 saturated heterocycles. The molecule has 160 valence electrons. The Morgan fingerprint density at radius 1 is 0.938 bits per heavy atom. The van der Waals surface area contributed by atoms with E-state index in [-0.39, 0.29) is 11.8 Å². The van der Waals surface area contributed by atoms with Crippen molar-refractivity contribution in [3.8, 4) is 0 Å². The SMILES string of the molecule is CCc1ccc(N2C(=O)C3=C(C2=O)C(c2ccc(SC)cc2)Nc2ccccc2S3)cc1. The molecule has 2 aliphatic heterocycles. The second kappa shape index (κ2) is 8.52. The molecular weight excluding hydrogens is 436 g/mol. The smallest absolute Gasteiger partial charge is 0.272 e. The van der Waals surface area contributed by atoms with Crippen LogP contribution in [0.5, 0.6) is 0 Å². The van der Waals surface area contributed by atoms with Gasteiger partial charge in [-0.2, -0.15) is 0 Å². The van der Waals surface area contributed by atoms with Crippen LogP contribution >= 0.6 is 23.5 Å². The van der Waals surface area contributed by atoms with Crippen LogP contribution in [-0.4, -0.2) is 18.1 Å². The predicted octanol–water partition coefficient (Wildman–Crippen LogP) is 6.06. The zero-order valence-corrected chi connectivity index (χ0v) is 19.4. The zero-order valence-electron chi connectivity index (χ0n) is 17.8. The molecule has 2 heterocycles. The number of thioether (sulfide) groups is 2. The number of amides is 2. The Bertz CT molecular complexity index is 1230. The third-order valence-electron chi connectivity index (χ3n) is 5.81. The highest BCUT2D eigenvalue weighted by atomic mass is 32.2. The van der Waals surface area contributed by atoms with Gasteiger partial charge >= 0.3 is 0 Å². The fourth-order valence-electron chi connectivity index (χ4n) is 4.05. The summed E-state index contributed by atoms with van der Waals surface area (Å²) in [5, 5.41) is 3.54. The normalized spacial score (nSPS) is 17.7. The number of hydrogen-bond acceptors (Lipinski definition) is 5. The molecule has 0 aliphatic carbocycles. The molecule has 0 spiro atoms. The molecule has 3 aromatic carbocycles. The minimum atomic E-state index is -0.409. The highest BCUT2D eigenvalue weighted by Gasteiger charge is 2.45. The Labute approximate surface area is 196 Å². The quantitative estimate of drug-likeness (QED) is 0.381. The molecule has 1 atom stereocenters. The fourth-order valence-corrected chi connectivity index (χ4v) is 5.56. The molecule has 2 amide bonds. The first-order chi connectivity index (χ1) is 15.6. The number of carbonyl (C=O) groups excluding carboxylic acids is 2. The minimum Gasteiger partial charge on any atom is -0.373 e. The van der Waals surface area contributed by atoms with Gasteiger partial charge in [0, 0.05) is 15.5 Å². The molecule has 4 nitrogen and oxygen atoms in total. The molecule has 0 saturated carbocycles. The number of para-hydroxylation sites is 1. The van der Waals surface area contributed by atoms with E-state index in [9.17, 15) is 9.59 Å². The van der Waals surface area contributed by atoms with Crippen molar-refractivity contribution in [2.24, 2.45) is 0 Å². The first-order valence-electron chi connectivity index (χ1n) is 10.5. The molecule has 2 aliphatic rings.